The molecular formula is C21H17N3O3. The Labute approximate surface area is 155 Å². The number of aromatic amines is 1. The van der Waals surface area contributed by atoms with Crippen LogP contribution in [0.5, 0.6) is 5.75 Å². The lowest BCUT2D eigenvalue weighted by molar-refractivity contribution is -0.123. The van der Waals surface area contributed by atoms with E-state index < -0.39 is 0 Å². The number of benzene rings is 2. The van der Waals surface area contributed by atoms with Crippen LogP contribution in [0.1, 0.15) is 5.56 Å². The molecular weight excluding hydrogens is 342 g/mol. The van der Waals surface area contributed by atoms with E-state index in [1.807, 2.05) is 60.8 Å². The van der Waals surface area contributed by atoms with E-state index in [9.17, 15) is 4.79 Å². The maximum Gasteiger partial charge on any atom is 0.277 e. The lowest BCUT2D eigenvalue weighted by Crippen LogP contribution is -2.24. The highest BCUT2D eigenvalue weighted by molar-refractivity contribution is 5.98. The molecule has 4 aromatic rings. The zero-order valence-electron chi connectivity index (χ0n) is 14.4. The number of rotatable bonds is 6. The number of ether oxygens (including phenoxy) is 1. The second kappa shape index (κ2) is 7.61. The van der Waals surface area contributed by atoms with Gasteiger partial charge in [-0.2, -0.15) is 5.10 Å². The number of aromatic nitrogens is 1. The fraction of sp³-hybridized carbons (Fsp3) is 0.0476. The van der Waals surface area contributed by atoms with Crippen LogP contribution in [-0.2, 0) is 4.79 Å². The Kier molecular flexibility index (Phi) is 4.70. The number of nitrogens with zero attached hydrogens (tertiary/aromatic N) is 1. The standard InChI is InChI=1S/C21H17N3O3/c25-21(24-23-13-16-5-2-7-19-18(16)9-10-22-19)14-27-17-6-1-4-15(12-17)20-8-3-11-26-20/h1-13,22H,14H2,(H,24,25)/b23-13+. The van der Waals surface area contributed by atoms with Crippen molar-refractivity contribution in [3.63, 3.8) is 0 Å². The number of carbonyl (C=O) groups is 1. The van der Waals surface area contributed by atoms with Gasteiger partial charge >= 0.3 is 0 Å². The number of furan rings is 1. The van der Waals surface area contributed by atoms with Gasteiger partial charge in [-0.3, -0.25) is 4.79 Å². The summed E-state index contributed by atoms with van der Waals surface area (Å²) < 4.78 is 10.9. The van der Waals surface area contributed by atoms with Gasteiger partial charge in [0.2, 0.25) is 0 Å². The lowest BCUT2D eigenvalue weighted by atomic mass is 10.1. The molecule has 2 aromatic carbocycles. The fourth-order valence-electron chi connectivity index (χ4n) is 2.76. The first-order valence-corrected chi connectivity index (χ1v) is 8.44. The zero-order chi connectivity index (χ0) is 18.5. The van der Waals surface area contributed by atoms with Crippen LogP contribution in [0.25, 0.3) is 22.2 Å². The van der Waals surface area contributed by atoms with Gasteiger partial charge in [-0.25, -0.2) is 5.43 Å². The maximum absolute atomic E-state index is 12.0. The molecule has 0 radical (unpaired) electrons. The van der Waals surface area contributed by atoms with Gasteiger partial charge in [0.15, 0.2) is 6.61 Å². The summed E-state index contributed by atoms with van der Waals surface area (Å²) >= 11 is 0. The third-order valence-electron chi connectivity index (χ3n) is 4.03. The Morgan fingerprint density at radius 2 is 2.07 bits per heavy atom. The smallest absolute Gasteiger partial charge is 0.277 e. The number of hydrogen-bond acceptors (Lipinski definition) is 4. The third-order valence-corrected chi connectivity index (χ3v) is 4.03. The lowest BCUT2D eigenvalue weighted by Gasteiger charge is -2.06. The van der Waals surface area contributed by atoms with Crippen LogP contribution in [-0.4, -0.2) is 23.7 Å². The van der Waals surface area contributed by atoms with E-state index >= 15 is 0 Å². The summed E-state index contributed by atoms with van der Waals surface area (Å²) in [7, 11) is 0. The van der Waals surface area contributed by atoms with Crippen molar-refractivity contribution in [3.8, 4) is 17.1 Å². The molecule has 2 heterocycles. The molecule has 0 bridgehead atoms. The number of nitrogens with one attached hydrogen (secondary N) is 2. The van der Waals surface area contributed by atoms with Crippen molar-refractivity contribution >= 4 is 23.0 Å². The molecule has 4 rings (SSSR count). The number of amides is 1. The molecule has 0 aliphatic heterocycles. The predicted molar refractivity (Wildman–Crippen MR) is 104 cm³/mol. The van der Waals surface area contributed by atoms with Crippen molar-refractivity contribution in [1.29, 1.82) is 0 Å². The van der Waals surface area contributed by atoms with Crippen LogP contribution in [0.15, 0.2) is 82.6 Å². The first-order chi connectivity index (χ1) is 13.3. The van der Waals surface area contributed by atoms with Crippen molar-refractivity contribution in [2.75, 3.05) is 6.61 Å². The monoisotopic (exact) mass is 359 g/mol. The van der Waals surface area contributed by atoms with Crippen LogP contribution in [0.4, 0.5) is 0 Å². The summed E-state index contributed by atoms with van der Waals surface area (Å²) in [6.07, 6.45) is 5.10. The molecule has 134 valence electrons. The minimum atomic E-state index is -0.337. The number of hydrazone groups is 1. The molecule has 27 heavy (non-hydrogen) atoms. The van der Waals surface area contributed by atoms with Crippen molar-refractivity contribution in [3.05, 3.63) is 78.7 Å². The van der Waals surface area contributed by atoms with E-state index in [4.69, 9.17) is 9.15 Å². The summed E-state index contributed by atoms with van der Waals surface area (Å²) in [5, 5.41) is 5.05. The summed E-state index contributed by atoms with van der Waals surface area (Å²) in [5.41, 5.74) is 5.30. The SMILES string of the molecule is O=C(COc1cccc(-c2ccco2)c1)N/N=C/c1cccc2[nH]ccc12. The molecule has 2 aromatic heterocycles. The van der Waals surface area contributed by atoms with Gasteiger partial charge < -0.3 is 14.1 Å². The van der Waals surface area contributed by atoms with Crippen LogP contribution in [0, 0.1) is 0 Å². The average Bonchev–Trinajstić information content (AvgIpc) is 3.39. The molecule has 0 spiro atoms. The van der Waals surface area contributed by atoms with Gasteiger partial charge in [0, 0.05) is 28.2 Å². The summed E-state index contributed by atoms with van der Waals surface area (Å²) in [6.45, 7) is -0.132. The summed E-state index contributed by atoms with van der Waals surface area (Å²) in [6, 6.07) is 18.9. The molecule has 0 atom stereocenters. The van der Waals surface area contributed by atoms with Crippen molar-refractivity contribution < 1.29 is 13.9 Å². The van der Waals surface area contributed by atoms with Crippen LogP contribution < -0.4 is 10.2 Å². The minimum Gasteiger partial charge on any atom is -0.484 e. The summed E-state index contributed by atoms with van der Waals surface area (Å²) in [5.74, 6) is 0.990. The van der Waals surface area contributed by atoms with E-state index in [1.165, 1.54) is 0 Å². The van der Waals surface area contributed by atoms with Crippen LogP contribution in [0.3, 0.4) is 0 Å². The number of fused-ring (bicyclic) bond motifs is 1. The maximum atomic E-state index is 12.0. The summed E-state index contributed by atoms with van der Waals surface area (Å²) in [4.78, 5) is 15.1. The molecule has 6 heteroatoms. The fourth-order valence-corrected chi connectivity index (χ4v) is 2.76. The predicted octanol–water partition coefficient (Wildman–Crippen LogP) is 3.96. The first kappa shape index (κ1) is 16.7. The Hall–Kier alpha value is -3.80. The highest BCUT2D eigenvalue weighted by Gasteiger charge is 2.05. The quantitative estimate of drug-likeness (QED) is 0.404. The van der Waals surface area contributed by atoms with E-state index in [-0.39, 0.29) is 12.5 Å². The van der Waals surface area contributed by atoms with Crippen molar-refractivity contribution in [2.45, 2.75) is 0 Å². The highest BCUT2D eigenvalue weighted by Crippen LogP contribution is 2.24. The molecule has 6 nitrogen and oxygen atoms in total. The Balaban J connectivity index is 1.34. The van der Waals surface area contributed by atoms with E-state index in [1.54, 1.807) is 18.5 Å². The van der Waals surface area contributed by atoms with Gasteiger partial charge in [0.25, 0.3) is 5.91 Å². The van der Waals surface area contributed by atoms with Gasteiger partial charge in [0.1, 0.15) is 11.5 Å². The normalized spacial score (nSPS) is 11.1. The number of hydrogen-bond donors (Lipinski definition) is 2. The molecule has 0 aliphatic rings. The second-order valence-corrected chi connectivity index (χ2v) is 5.87. The Morgan fingerprint density at radius 3 is 2.96 bits per heavy atom. The largest absolute Gasteiger partial charge is 0.484 e. The molecule has 2 N–H and O–H groups in total. The highest BCUT2D eigenvalue weighted by atomic mass is 16.5. The van der Waals surface area contributed by atoms with Crippen LogP contribution >= 0.6 is 0 Å². The number of carbonyl (C=O) groups excluding carboxylic acids is 1. The van der Waals surface area contributed by atoms with Crippen molar-refractivity contribution in [1.82, 2.24) is 10.4 Å². The Morgan fingerprint density at radius 1 is 1.15 bits per heavy atom. The first-order valence-electron chi connectivity index (χ1n) is 8.44. The third kappa shape index (κ3) is 3.90. The molecule has 0 fully saturated rings. The van der Waals surface area contributed by atoms with Crippen LogP contribution in [0.2, 0.25) is 0 Å². The molecule has 0 saturated heterocycles. The van der Waals surface area contributed by atoms with E-state index in [0.29, 0.717) is 5.75 Å². The topological polar surface area (TPSA) is 79.6 Å². The second-order valence-electron chi connectivity index (χ2n) is 5.87. The molecule has 1 amide bonds. The van der Waals surface area contributed by atoms with E-state index in [2.05, 4.69) is 15.5 Å². The minimum absolute atomic E-state index is 0.132. The van der Waals surface area contributed by atoms with Crippen molar-refractivity contribution in [2.24, 2.45) is 5.10 Å². The molecule has 0 saturated carbocycles. The van der Waals surface area contributed by atoms with Gasteiger partial charge in [-0.1, -0.05) is 24.3 Å². The number of H-pyrrole nitrogens is 1. The molecule has 0 unspecified atom stereocenters. The Bertz CT molecular complexity index is 1080. The van der Waals surface area contributed by atoms with Gasteiger partial charge in [-0.15, -0.1) is 0 Å². The zero-order valence-corrected chi connectivity index (χ0v) is 14.4. The van der Waals surface area contributed by atoms with Gasteiger partial charge in [-0.05, 0) is 36.4 Å². The van der Waals surface area contributed by atoms with E-state index in [0.717, 1.165) is 27.8 Å². The van der Waals surface area contributed by atoms with Gasteiger partial charge in [0.05, 0.1) is 12.5 Å². The molecule has 0 aliphatic carbocycles. The average molecular weight is 359 g/mol.